The van der Waals surface area contributed by atoms with Gasteiger partial charge in [-0.05, 0) is 43.1 Å². The second-order valence-corrected chi connectivity index (χ2v) is 17.2. The molecule has 5 atom stereocenters. The SMILES string of the molecule is CC1=C(C)C(=O)N([C@H]2[C@H](O[Si](C)(C)C(C)(C)C)O[C@H](COCc3ccccc3)[C@@H](O)[C@@H]2OCc2ccccc2)C1=O. The summed E-state index contributed by atoms with van der Waals surface area (Å²) < 4.78 is 25.6. The van der Waals surface area contributed by atoms with Crippen molar-refractivity contribution in [3.63, 3.8) is 0 Å². The predicted octanol–water partition coefficient (Wildman–Crippen LogP) is 4.97. The smallest absolute Gasteiger partial charge is 0.257 e. The summed E-state index contributed by atoms with van der Waals surface area (Å²) in [4.78, 5) is 28.1. The molecule has 9 heteroatoms. The molecule has 0 aliphatic carbocycles. The molecule has 0 bridgehead atoms. The van der Waals surface area contributed by atoms with Gasteiger partial charge in [0, 0.05) is 11.1 Å². The molecule has 2 aliphatic rings. The van der Waals surface area contributed by atoms with Gasteiger partial charge >= 0.3 is 0 Å². The Hall–Kier alpha value is -2.66. The molecule has 222 valence electrons. The van der Waals surface area contributed by atoms with Crippen molar-refractivity contribution in [2.24, 2.45) is 0 Å². The van der Waals surface area contributed by atoms with Gasteiger partial charge in [-0.2, -0.15) is 0 Å². The van der Waals surface area contributed by atoms with E-state index in [0.29, 0.717) is 17.8 Å². The van der Waals surface area contributed by atoms with Gasteiger partial charge < -0.3 is 23.7 Å². The van der Waals surface area contributed by atoms with Gasteiger partial charge in [-0.15, -0.1) is 0 Å². The summed E-state index contributed by atoms with van der Waals surface area (Å²) in [6.07, 6.45) is -4.00. The quantitative estimate of drug-likeness (QED) is 0.313. The Morgan fingerprint density at radius 3 is 1.90 bits per heavy atom. The van der Waals surface area contributed by atoms with Crippen LogP contribution >= 0.6 is 0 Å². The molecule has 0 saturated carbocycles. The third kappa shape index (κ3) is 6.88. The third-order valence-corrected chi connectivity index (χ3v) is 12.9. The number of carbonyl (C=O) groups is 2. The zero-order chi connectivity index (χ0) is 29.9. The van der Waals surface area contributed by atoms with Gasteiger partial charge in [-0.3, -0.25) is 14.5 Å². The van der Waals surface area contributed by atoms with Gasteiger partial charge in [0.05, 0.1) is 19.8 Å². The molecular weight excluding hydrogens is 538 g/mol. The lowest BCUT2D eigenvalue weighted by molar-refractivity contribution is -0.274. The lowest BCUT2D eigenvalue weighted by Crippen LogP contribution is -2.68. The van der Waals surface area contributed by atoms with Crippen LogP contribution in [0, 0.1) is 0 Å². The molecule has 1 N–H and O–H groups in total. The fraction of sp³-hybridized carbons (Fsp3) is 0.500. The summed E-state index contributed by atoms with van der Waals surface area (Å²) in [5.74, 6) is -0.853. The van der Waals surface area contributed by atoms with Gasteiger partial charge in [0.2, 0.25) is 0 Å². The van der Waals surface area contributed by atoms with Crippen molar-refractivity contribution in [3.8, 4) is 0 Å². The number of hydrogen-bond donors (Lipinski definition) is 1. The second kappa shape index (κ2) is 12.7. The van der Waals surface area contributed by atoms with Crippen LogP contribution in [0.2, 0.25) is 18.1 Å². The lowest BCUT2D eigenvalue weighted by Gasteiger charge is -2.50. The van der Waals surface area contributed by atoms with E-state index in [0.717, 1.165) is 11.1 Å². The number of hydrogen-bond acceptors (Lipinski definition) is 7. The van der Waals surface area contributed by atoms with E-state index in [-0.39, 0.29) is 18.3 Å². The van der Waals surface area contributed by atoms with Crippen LogP contribution in [0.15, 0.2) is 71.8 Å². The zero-order valence-corrected chi connectivity index (χ0v) is 26.1. The number of aliphatic hydroxyl groups is 1. The molecule has 2 aliphatic heterocycles. The van der Waals surface area contributed by atoms with Crippen LogP contribution in [0.1, 0.15) is 45.7 Å². The highest BCUT2D eigenvalue weighted by molar-refractivity contribution is 6.74. The highest BCUT2D eigenvalue weighted by Gasteiger charge is 2.56. The number of amides is 2. The molecule has 0 unspecified atom stereocenters. The normalized spacial score (nSPS) is 25.8. The van der Waals surface area contributed by atoms with E-state index in [9.17, 15) is 14.7 Å². The van der Waals surface area contributed by atoms with Crippen LogP contribution in [0.5, 0.6) is 0 Å². The first kappa shape index (κ1) is 31.3. The van der Waals surface area contributed by atoms with Crippen molar-refractivity contribution in [1.82, 2.24) is 4.90 Å². The molecule has 0 radical (unpaired) electrons. The van der Waals surface area contributed by atoms with Gasteiger partial charge in [0.1, 0.15) is 24.4 Å². The number of ether oxygens (including phenoxy) is 3. The van der Waals surface area contributed by atoms with E-state index >= 15 is 0 Å². The largest absolute Gasteiger partial charge is 0.391 e. The van der Waals surface area contributed by atoms with E-state index < -0.39 is 50.8 Å². The number of benzene rings is 2. The number of rotatable bonds is 10. The Balaban J connectivity index is 1.68. The van der Waals surface area contributed by atoms with Crippen molar-refractivity contribution in [2.45, 2.75) is 96.6 Å². The van der Waals surface area contributed by atoms with Crippen LogP contribution in [-0.4, -0.2) is 67.4 Å². The molecule has 2 aromatic carbocycles. The average Bonchev–Trinajstić information content (AvgIpc) is 3.12. The maximum atomic E-state index is 13.5. The van der Waals surface area contributed by atoms with Crippen molar-refractivity contribution in [3.05, 3.63) is 82.9 Å². The molecule has 0 spiro atoms. The summed E-state index contributed by atoms with van der Waals surface area (Å²) in [6, 6.07) is 18.3. The molecule has 2 amide bonds. The first-order chi connectivity index (χ1) is 19.3. The van der Waals surface area contributed by atoms with E-state index in [1.165, 1.54) is 4.90 Å². The summed E-state index contributed by atoms with van der Waals surface area (Å²) in [7, 11) is -2.48. The van der Waals surface area contributed by atoms with E-state index in [2.05, 4.69) is 33.9 Å². The minimum Gasteiger partial charge on any atom is -0.391 e. The summed E-state index contributed by atoms with van der Waals surface area (Å²) in [5, 5.41) is 11.5. The number of nitrogens with zero attached hydrogens (tertiary/aromatic N) is 1. The van der Waals surface area contributed by atoms with Crippen LogP contribution in [0.25, 0.3) is 0 Å². The average molecular weight is 582 g/mol. The van der Waals surface area contributed by atoms with Crippen LogP contribution < -0.4 is 0 Å². The van der Waals surface area contributed by atoms with E-state index in [1.807, 2.05) is 60.7 Å². The Labute approximate surface area is 244 Å². The summed E-state index contributed by atoms with van der Waals surface area (Å²) in [6.45, 7) is 14.4. The fourth-order valence-electron chi connectivity index (χ4n) is 4.75. The third-order valence-electron chi connectivity index (χ3n) is 8.48. The Morgan fingerprint density at radius 2 is 1.39 bits per heavy atom. The van der Waals surface area contributed by atoms with Crippen LogP contribution in [0.4, 0.5) is 0 Å². The van der Waals surface area contributed by atoms with E-state index in [4.69, 9.17) is 18.6 Å². The Morgan fingerprint density at radius 1 is 0.878 bits per heavy atom. The van der Waals surface area contributed by atoms with Gasteiger partial charge in [-0.1, -0.05) is 81.4 Å². The van der Waals surface area contributed by atoms with Crippen LogP contribution in [0.3, 0.4) is 0 Å². The molecule has 1 saturated heterocycles. The fourth-order valence-corrected chi connectivity index (χ4v) is 5.88. The van der Waals surface area contributed by atoms with Gasteiger partial charge in [0.15, 0.2) is 14.6 Å². The number of imide groups is 1. The van der Waals surface area contributed by atoms with Crippen molar-refractivity contribution < 1.29 is 33.3 Å². The number of aliphatic hydroxyl groups excluding tert-OH is 1. The molecule has 2 heterocycles. The minimum absolute atomic E-state index is 0.0730. The summed E-state index contributed by atoms with van der Waals surface area (Å²) in [5.41, 5.74) is 2.62. The van der Waals surface area contributed by atoms with Gasteiger partial charge in [-0.25, -0.2) is 0 Å². The molecule has 1 fully saturated rings. The van der Waals surface area contributed by atoms with Crippen molar-refractivity contribution >= 4 is 20.1 Å². The molecule has 4 rings (SSSR count). The molecule has 41 heavy (non-hydrogen) atoms. The van der Waals surface area contributed by atoms with Crippen molar-refractivity contribution in [1.29, 1.82) is 0 Å². The molecular formula is C32H43NO7Si. The Kier molecular flexibility index (Phi) is 9.68. The van der Waals surface area contributed by atoms with Gasteiger partial charge in [0.25, 0.3) is 11.8 Å². The minimum atomic E-state index is -2.48. The topological polar surface area (TPSA) is 94.5 Å². The van der Waals surface area contributed by atoms with Crippen LogP contribution in [-0.2, 0) is 41.4 Å². The zero-order valence-electron chi connectivity index (χ0n) is 25.1. The first-order valence-electron chi connectivity index (χ1n) is 14.2. The highest BCUT2D eigenvalue weighted by atomic mass is 28.4. The first-order valence-corrected chi connectivity index (χ1v) is 17.1. The maximum absolute atomic E-state index is 13.5. The molecule has 0 aromatic heterocycles. The number of carbonyl (C=O) groups excluding carboxylic acids is 2. The highest BCUT2D eigenvalue weighted by Crippen LogP contribution is 2.41. The monoisotopic (exact) mass is 581 g/mol. The standard InChI is InChI=1S/C32H43NO7Si/c1-21-22(2)30(36)33(29(21)35)26-28(38-19-24-16-12-9-13-17-24)27(34)25(20-37-18-23-14-10-8-11-15-23)39-31(26)40-41(6,7)32(3,4)5/h8-17,25-28,31,34H,18-20H2,1-7H3/t25-,26-,27-,28-,31+/m1/s1. The lowest BCUT2D eigenvalue weighted by atomic mass is 9.95. The molecule has 2 aromatic rings. The maximum Gasteiger partial charge on any atom is 0.257 e. The second-order valence-electron chi connectivity index (χ2n) is 12.4. The van der Waals surface area contributed by atoms with Crippen molar-refractivity contribution in [2.75, 3.05) is 6.61 Å². The van der Waals surface area contributed by atoms with E-state index in [1.54, 1.807) is 13.8 Å². The summed E-state index contributed by atoms with van der Waals surface area (Å²) >= 11 is 0. The molecule has 8 nitrogen and oxygen atoms in total. The Bertz CT molecular complexity index is 1220. The predicted molar refractivity (Wildman–Crippen MR) is 158 cm³/mol.